The fraction of sp³-hybridized carbons (Fsp3) is 0.304. The molecule has 24 heavy (non-hydrogen) atoms. The minimum absolute atomic E-state index is 0.0521. The Morgan fingerprint density at radius 2 is 1.54 bits per heavy atom. The van der Waals surface area contributed by atoms with Crippen LogP contribution in [0.15, 0.2) is 84.1 Å². The van der Waals surface area contributed by atoms with Crippen LogP contribution in [-0.2, 0) is 5.41 Å². The first-order valence-corrected chi connectivity index (χ1v) is 8.82. The molecule has 0 aliphatic heterocycles. The second-order valence-electron chi connectivity index (χ2n) is 6.99. The van der Waals surface area contributed by atoms with Crippen LogP contribution >= 0.6 is 0 Å². The summed E-state index contributed by atoms with van der Waals surface area (Å²) in [4.78, 5) is 0. The number of hydrogen-bond acceptors (Lipinski definition) is 1. The number of rotatable bonds is 4. The van der Waals surface area contributed by atoms with Gasteiger partial charge in [0.25, 0.3) is 0 Å². The van der Waals surface area contributed by atoms with Gasteiger partial charge in [-0.05, 0) is 48.5 Å². The highest BCUT2D eigenvalue weighted by Gasteiger charge is 2.38. The molecule has 2 aromatic rings. The Balaban J connectivity index is 2.12. The summed E-state index contributed by atoms with van der Waals surface area (Å²) in [5.74, 6) is 0.551. The van der Waals surface area contributed by atoms with Crippen LogP contribution in [0.2, 0.25) is 0 Å². The Morgan fingerprint density at radius 3 is 2.04 bits per heavy atom. The predicted octanol–water partition coefficient (Wildman–Crippen LogP) is 5.45. The molecule has 1 atom stereocenters. The van der Waals surface area contributed by atoms with Crippen molar-refractivity contribution in [3.05, 3.63) is 95.2 Å². The molecule has 0 saturated carbocycles. The molecular weight excluding hydrogens is 290 g/mol. The summed E-state index contributed by atoms with van der Waals surface area (Å²) < 4.78 is 0. The van der Waals surface area contributed by atoms with E-state index in [1.54, 1.807) is 0 Å². The van der Waals surface area contributed by atoms with Crippen molar-refractivity contribution in [2.45, 2.75) is 32.1 Å². The van der Waals surface area contributed by atoms with E-state index in [0.717, 1.165) is 12.8 Å². The molecule has 3 rings (SSSR count). The SMILES string of the molecule is CN/C(C)=C\C1=CC(C)CC(c2ccccc2)(c2ccccc2)C1. The van der Waals surface area contributed by atoms with Gasteiger partial charge >= 0.3 is 0 Å². The first-order chi connectivity index (χ1) is 11.6. The van der Waals surface area contributed by atoms with Crippen LogP contribution in [0.5, 0.6) is 0 Å². The van der Waals surface area contributed by atoms with Crippen molar-refractivity contribution in [3.63, 3.8) is 0 Å². The monoisotopic (exact) mass is 317 g/mol. The first kappa shape index (κ1) is 16.6. The van der Waals surface area contributed by atoms with Crippen molar-refractivity contribution >= 4 is 0 Å². The zero-order valence-electron chi connectivity index (χ0n) is 14.9. The van der Waals surface area contributed by atoms with Crippen molar-refractivity contribution < 1.29 is 0 Å². The third-order valence-corrected chi connectivity index (χ3v) is 5.12. The lowest BCUT2D eigenvalue weighted by molar-refractivity contribution is 0.394. The molecule has 1 N–H and O–H groups in total. The van der Waals surface area contributed by atoms with Gasteiger partial charge in [0, 0.05) is 18.2 Å². The maximum atomic E-state index is 3.25. The zero-order chi connectivity index (χ0) is 17.0. The molecule has 1 unspecified atom stereocenters. The quantitative estimate of drug-likeness (QED) is 0.790. The zero-order valence-corrected chi connectivity index (χ0v) is 14.9. The van der Waals surface area contributed by atoms with Gasteiger partial charge in [-0.15, -0.1) is 0 Å². The van der Waals surface area contributed by atoms with Crippen LogP contribution in [0.3, 0.4) is 0 Å². The van der Waals surface area contributed by atoms with E-state index in [1.165, 1.54) is 22.4 Å². The normalized spacial score (nSPS) is 20.4. The average molecular weight is 317 g/mol. The van der Waals surface area contributed by atoms with E-state index in [9.17, 15) is 0 Å². The predicted molar refractivity (Wildman–Crippen MR) is 103 cm³/mol. The Morgan fingerprint density at radius 1 is 1.00 bits per heavy atom. The lowest BCUT2D eigenvalue weighted by Crippen LogP contribution is -2.33. The molecule has 0 aromatic heterocycles. The van der Waals surface area contributed by atoms with Gasteiger partial charge in [-0.25, -0.2) is 0 Å². The summed E-state index contributed by atoms with van der Waals surface area (Å²) in [5.41, 5.74) is 5.53. The summed E-state index contributed by atoms with van der Waals surface area (Å²) in [6, 6.07) is 22.0. The highest BCUT2D eigenvalue weighted by atomic mass is 14.8. The molecule has 1 aliphatic rings. The molecular formula is C23H27N. The molecule has 0 bridgehead atoms. The standard InChI is InChI=1S/C23H27N/c1-18-14-20(15-19(2)24-3)17-23(16-18,21-10-6-4-7-11-21)22-12-8-5-9-13-22/h4-15,18,24H,16-17H2,1-3H3/b19-15-. The minimum atomic E-state index is 0.0521. The summed E-state index contributed by atoms with van der Waals surface area (Å²) in [7, 11) is 1.99. The van der Waals surface area contributed by atoms with Crippen molar-refractivity contribution in [2.24, 2.45) is 5.92 Å². The molecule has 0 fully saturated rings. The van der Waals surface area contributed by atoms with Gasteiger partial charge in [-0.3, -0.25) is 0 Å². The van der Waals surface area contributed by atoms with Gasteiger partial charge in [-0.2, -0.15) is 0 Å². The molecule has 2 aromatic carbocycles. The first-order valence-electron chi connectivity index (χ1n) is 8.82. The number of benzene rings is 2. The summed E-state index contributed by atoms with van der Waals surface area (Å²) in [6.45, 7) is 4.47. The van der Waals surface area contributed by atoms with Gasteiger partial charge in [-0.1, -0.05) is 73.7 Å². The molecule has 0 radical (unpaired) electrons. The largest absolute Gasteiger partial charge is 0.392 e. The van der Waals surface area contributed by atoms with E-state index in [4.69, 9.17) is 0 Å². The van der Waals surface area contributed by atoms with Crippen LogP contribution in [0.1, 0.15) is 37.8 Å². The highest BCUT2D eigenvalue weighted by molar-refractivity contribution is 5.45. The number of allylic oxidation sites excluding steroid dienone is 4. The number of nitrogens with one attached hydrogen (secondary N) is 1. The van der Waals surface area contributed by atoms with Gasteiger partial charge in [0.05, 0.1) is 0 Å². The van der Waals surface area contributed by atoms with Gasteiger partial charge in [0.1, 0.15) is 0 Å². The molecule has 1 aliphatic carbocycles. The van der Waals surface area contributed by atoms with E-state index in [0.29, 0.717) is 5.92 Å². The van der Waals surface area contributed by atoms with Crippen LogP contribution in [0.4, 0.5) is 0 Å². The van der Waals surface area contributed by atoms with E-state index in [1.807, 2.05) is 7.05 Å². The highest BCUT2D eigenvalue weighted by Crippen LogP contribution is 2.46. The van der Waals surface area contributed by atoms with E-state index >= 15 is 0 Å². The molecule has 0 amide bonds. The van der Waals surface area contributed by atoms with Gasteiger partial charge in [0.2, 0.25) is 0 Å². The fourth-order valence-corrected chi connectivity index (χ4v) is 4.02. The second-order valence-corrected chi connectivity index (χ2v) is 6.99. The number of hydrogen-bond donors (Lipinski definition) is 1. The second kappa shape index (κ2) is 7.09. The van der Waals surface area contributed by atoms with Gasteiger partial charge in [0.15, 0.2) is 0 Å². The van der Waals surface area contributed by atoms with Gasteiger partial charge < -0.3 is 5.32 Å². The third kappa shape index (κ3) is 3.31. The van der Waals surface area contributed by atoms with Crippen LogP contribution in [-0.4, -0.2) is 7.05 Å². The third-order valence-electron chi connectivity index (χ3n) is 5.12. The van der Waals surface area contributed by atoms with Crippen molar-refractivity contribution in [2.75, 3.05) is 7.05 Å². The summed E-state index contributed by atoms with van der Waals surface area (Å²) >= 11 is 0. The summed E-state index contributed by atoms with van der Waals surface area (Å²) in [6.07, 6.45) is 6.93. The summed E-state index contributed by atoms with van der Waals surface area (Å²) in [5, 5.41) is 3.25. The van der Waals surface area contributed by atoms with Crippen molar-refractivity contribution in [1.82, 2.24) is 5.32 Å². The Hall–Kier alpha value is -2.28. The topological polar surface area (TPSA) is 12.0 Å². The van der Waals surface area contributed by atoms with Crippen LogP contribution < -0.4 is 5.32 Å². The smallest absolute Gasteiger partial charge is 0.0248 e. The Bertz CT molecular complexity index is 686. The lowest BCUT2D eigenvalue weighted by Gasteiger charge is -2.40. The van der Waals surface area contributed by atoms with E-state index < -0.39 is 0 Å². The molecule has 0 heterocycles. The van der Waals surface area contributed by atoms with Crippen LogP contribution in [0.25, 0.3) is 0 Å². The maximum absolute atomic E-state index is 3.25. The lowest BCUT2D eigenvalue weighted by atomic mass is 9.63. The van der Waals surface area contributed by atoms with E-state index in [2.05, 4.69) is 92.0 Å². The molecule has 124 valence electrons. The Kier molecular flexibility index (Phi) is 4.89. The van der Waals surface area contributed by atoms with Crippen molar-refractivity contribution in [1.29, 1.82) is 0 Å². The Labute approximate surface area is 146 Å². The maximum Gasteiger partial charge on any atom is 0.0248 e. The van der Waals surface area contributed by atoms with Crippen molar-refractivity contribution in [3.8, 4) is 0 Å². The molecule has 0 spiro atoms. The molecule has 0 saturated heterocycles. The minimum Gasteiger partial charge on any atom is -0.392 e. The van der Waals surface area contributed by atoms with E-state index in [-0.39, 0.29) is 5.41 Å². The average Bonchev–Trinajstić information content (AvgIpc) is 2.62. The molecule has 1 heteroatoms. The van der Waals surface area contributed by atoms with Crippen LogP contribution in [0, 0.1) is 5.92 Å². The fourth-order valence-electron chi connectivity index (χ4n) is 4.02. The molecule has 1 nitrogen and oxygen atoms in total.